The number of piperidine rings is 1. The lowest BCUT2D eigenvalue weighted by Crippen LogP contribution is -2.40. The largest absolute Gasteiger partial charge is 0.348 e. The Balaban J connectivity index is 2.14. The van der Waals surface area contributed by atoms with Crippen LogP contribution in [0.1, 0.15) is 19.3 Å². The standard InChI is InChI=1S/C9H16N2O2/c12-7-4-10-9(13)8-11-5-2-1-3-6-11/h7H,1-6,8H2,(H,10,13). The van der Waals surface area contributed by atoms with Crippen LogP contribution in [0.5, 0.6) is 0 Å². The molecule has 74 valence electrons. The quantitative estimate of drug-likeness (QED) is 0.615. The van der Waals surface area contributed by atoms with E-state index in [0.717, 1.165) is 13.1 Å². The molecule has 1 amide bonds. The SMILES string of the molecule is O=CCNC(=O)CN1CCCCC1. The molecule has 0 bridgehead atoms. The molecule has 1 aliphatic heterocycles. The summed E-state index contributed by atoms with van der Waals surface area (Å²) in [5.74, 6) is -0.0472. The van der Waals surface area contributed by atoms with Gasteiger partial charge >= 0.3 is 0 Å². The molecular formula is C9H16N2O2. The van der Waals surface area contributed by atoms with Gasteiger partial charge < -0.3 is 10.1 Å². The Morgan fingerprint density at radius 3 is 2.62 bits per heavy atom. The van der Waals surface area contributed by atoms with Crippen molar-refractivity contribution in [3.8, 4) is 0 Å². The highest BCUT2D eigenvalue weighted by Gasteiger charge is 2.12. The van der Waals surface area contributed by atoms with Gasteiger partial charge in [-0.2, -0.15) is 0 Å². The molecule has 0 spiro atoms. The minimum absolute atomic E-state index is 0.0472. The van der Waals surface area contributed by atoms with E-state index >= 15 is 0 Å². The molecular weight excluding hydrogens is 168 g/mol. The molecule has 0 unspecified atom stereocenters. The first kappa shape index (κ1) is 10.2. The molecule has 4 heteroatoms. The number of carbonyl (C=O) groups is 2. The first-order chi connectivity index (χ1) is 6.33. The number of aldehydes is 1. The van der Waals surface area contributed by atoms with Gasteiger partial charge in [0.1, 0.15) is 6.29 Å². The minimum Gasteiger partial charge on any atom is -0.348 e. The van der Waals surface area contributed by atoms with Crippen LogP contribution in [0.3, 0.4) is 0 Å². The molecule has 0 atom stereocenters. The van der Waals surface area contributed by atoms with Gasteiger partial charge in [-0.25, -0.2) is 0 Å². The maximum absolute atomic E-state index is 11.2. The summed E-state index contributed by atoms with van der Waals surface area (Å²) in [5, 5.41) is 2.53. The third kappa shape index (κ3) is 4.03. The molecule has 1 fully saturated rings. The molecule has 1 rings (SSSR count). The number of nitrogens with zero attached hydrogens (tertiary/aromatic N) is 1. The summed E-state index contributed by atoms with van der Waals surface area (Å²) in [5.41, 5.74) is 0. The Morgan fingerprint density at radius 2 is 2.00 bits per heavy atom. The summed E-state index contributed by atoms with van der Waals surface area (Å²) in [7, 11) is 0. The van der Waals surface area contributed by atoms with Crippen LogP contribution in [0.15, 0.2) is 0 Å². The predicted octanol–water partition coefficient (Wildman–Crippen LogP) is -0.213. The van der Waals surface area contributed by atoms with Crippen molar-refractivity contribution in [1.29, 1.82) is 0 Å². The number of carbonyl (C=O) groups excluding carboxylic acids is 2. The fourth-order valence-electron chi connectivity index (χ4n) is 1.53. The van der Waals surface area contributed by atoms with E-state index in [1.165, 1.54) is 19.3 Å². The second kappa shape index (κ2) is 5.70. The third-order valence-electron chi connectivity index (χ3n) is 2.20. The van der Waals surface area contributed by atoms with Crippen LogP contribution in [0, 0.1) is 0 Å². The topological polar surface area (TPSA) is 49.4 Å². The van der Waals surface area contributed by atoms with Crippen molar-refractivity contribution in [2.24, 2.45) is 0 Å². The molecule has 0 saturated carbocycles. The summed E-state index contributed by atoms with van der Waals surface area (Å²) in [6, 6.07) is 0. The van der Waals surface area contributed by atoms with E-state index in [9.17, 15) is 9.59 Å². The summed E-state index contributed by atoms with van der Waals surface area (Å²) in [4.78, 5) is 23.3. The molecule has 0 aliphatic carbocycles. The predicted molar refractivity (Wildman–Crippen MR) is 49.4 cm³/mol. The van der Waals surface area contributed by atoms with E-state index < -0.39 is 0 Å². The first-order valence-electron chi connectivity index (χ1n) is 4.75. The van der Waals surface area contributed by atoms with Crippen LogP contribution < -0.4 is 5.32 Å². The Labute approximate surface area is 78.3 Å². The molecule has 1 heterocycles. The van der Waals surface area contributed by atoms with E-state index in [-0.39, 0.29) is 12.5 Å². The number of likely N-dealkylation sites (tertiary alicyclic amines) is 1. The first-order valence-corrected chi connectivity index (χ1v) is 4.75. The smallest absolute Gasteiger partial charge is 0.234 e. The average Bonchev–Trinajstić information content (AvgIpc) is 2.16. The lowest BCUT2D eigenvalue weighted by Gasteiger charge is -2.25. The lowest BCUT2D eigenvalue weighted by atomic mass is 10.1. The van der Waals surface area contributed by atoms with E-state index in [0.29, 0.717) is 12.8 Å². The van der Waals surface area contributed by atoms with Crippen LogP contribution in [-0.4, -0.2) is 43.3 Å². The van der Waals surface area contributed by atoms with Crippen molar-refractivity contribution in [2.45, 2.75) is 19.3 Å². The summed E-state index contributed by atoms with van der Waals surface area (Å²) >= 11 is 0. The normalized spacial score (nSPS) is 18.2. The Hall–Kier alpha value is -0.900. The molecule has 0 aromatic rings. The highest BCUT2D eigenvalue weighted by atomic mass is 16.2. The van der Waals surface area contributed by atoms with E-state index in [4.69, 9.17) is 0 Å². The van der Waals surface area contributed by atoms with Crippen molar-refractivity contribution in [2.75, 3.05) is 26.2 Å². The van der Waals surface area contributed by atoms with Gasteiger partial charge in [0.25, 0.3) is 0 Å². The van der Waals surface area contributed by atoms with E-state index in [1.807, 2.05) is 0 Å². The fraction of sp³-hybridized carbons (Fsp3) is 0.778. The lowest BCUT2D eigenvalue weighted by molar-refractivity contribution is -0.123. The molecule has 1 N–H and O–H groups in total. The molecule has 0 aromatic carbocycles. The van der Waals surface area contributed by atoms with Crippen LogP contribution in [0.2, 0.25) is 0 Å². The second-order valence-corrected chi connectivity index (χ2v) is 3.31. The summed E-state index contributed by atoms with van der Waals surface area (Å²) < 4.78 is 0. The van der Waals surface area contributed by atoms with Gasteiger partial charge in [-0.05, 0) is 25.9 Å². The second-order valence-electron chi connectivity index (χ2n) is 3.31. The molecule has 1 saturated heterocycles. The van der Waals surface area contributed by atoms with E-state index in [1.54, 1.807) is 0 Å². The number of amides is 1. The van der Waals surface area contributed by atoms with Gasteiger partial charge in [0.2, 0.25) is 5.91 Å². The van der Waals surface area contributed by atoms with Crippen LogP contribution in [-0.2, 0) is 9.59 Å². The molecule has 0 aromatic heterocycles. The minimum atomic E-state index is -0.0472. The van der Waals surface area contributed by atoms with Gasteiger partial charge in [0, 0.05) is 0 Å². The molecule has 0 radical (unpaired) electrons. The van der Waals surface area contributed by atoms with Gasteiger partial charge in [-0.3, -0.25) is 9.69 Å². The average molecular weight is 184 g/mol. The van der Waals surface area contributed by atoms with Gasteiger partial charge in [0.15, 0.2) is 0 Å². The molecule has 4 nitrogen and oxygen atoms in total. The number of hydrogen-bond acceptors (Lipinski definition) is 3. The highest BCUT2D eigenvalue weighted by Crippen LogP contribution is 2.07. The zero-order valence-electron chi connectivity index (χ0n) is 7.79. The molecule has 1 aliphatic rings. The van der Waals surface area contributed by atoms with Crippen molar-refractivity contribution < 1.29 is 9.59 Å². The van der Waals surface area contributed by atoms with Gasteiger partial charge in [-0.15, -0.1) is 0 Å². The third-order valence-corrected chi connectivity index (χ3v) is 2.20. The Bertz CT molecular complexity index is 176. The zero-order valence-corrected chi connectivity index (χ0v) is 7.79. The van der Waals surface area contributed by atoms with Crippen molar-refractivity contribution in [3.05, 3.63) is 0 Å². The maximum Gasteiger partial charge on any atom is 0.234 e. The van der Waals surface area contributed by atoms with Crippen molar-refractivity contribution >= 4 is 12.2 Å². The monoisotopic (exact) mass is 184 g/mol. The number of hydrogen-bond donors (Lipinski definition) is 1. The fourth-order valence-corrected chi connectivity index (χ4v) is 1.53. The maximum atomic E-state index is 11.2. The highest BCUT2D eigenvalue weighted by molar-refractivity contribution is 5.80. The van der Waals surface area contributed by atoms with Crippen LogP contribution >= 0.6 is 0 Å². The van der Waals surface area contributed by atoms with Crippen LogP contribution in [0.4, 0.5) is 0 Å². The van der Waals surface area contributed by atoms with Crippen molar-refractivity contribution in [3.63, 3.8) is 0 Å². The zero-order chi connectivity index (χ0) is 9.52. The van der Waals surface area contributed by atoms with E-state index in [2.05, 4.69) is 10.2 Å². The Kier molecular flexibility index (Phi) is 4.46. The van der Waals surface area contributed by atoms with Crippen molar-refractivity contribution in [1.82, 2.24) is 10.2 Å². The molecule has 13 heavy (non-hydrogen) atoms. The summed E-state index contributed by atoms with van der Waals surface area (Å²) in [6.45, 7) is 2.59. The Morgan fingerprint density at radius 1 is 1.31 bits per heavy atom. The van der Waals surface area contributed by atoms with Gasteiger partial charge in [-0.1, -0.05) is 6.42 Å². The summed E-state index contributed by atoms with van der Waals surface area (Å²) in [6.07, 6.45) is 4.34. The number of rotatable bonds is 4. The van der Waals surface area contributed by atoms with Crippen LogP contribution in [0.25, 0.3) is 0 Å². The van der Waals surface area contributed by atoms with Gasteiger partial charge in [0.05, 0.1) is 13.1 Å². The number of nitrogens with one attached hydrogen (secondary N) is 1.